The van der Waals surface area contributed by atoms with Crippen molar-refractivity contribution in [3.05, 3.63) is 23.9 Å². The van der Waals surface area contributed by atoms with Crippen molar-refractivity contribution in [2.45, 2.75) is 19.9 Å². The largest absolute Gasteiger partial charge is 0.508 e. The SMILES string of the molecule is Cc1c2ccc(O)cc2nn1CCCN. The predicted octanol–water partition coefficient (Wildman–Crippen LogP) is 1.40. The molecule has 3 N–H and O–H groups in total. The molecule has 0 amide bonds. The molecule has 0 saturated heterocycles. The summed E-state index contributed by atoms with van der Waals surface area (Å²) in [5.74, 6) is 0.256. The number of rotatable bonds is 3. The summed E-state index contributed by atoms with van der Waals surface area (Å²) in [6, 6.07) is 5.26. The highest BCUT2D eigenvalue weighted by Gasteiger charge is 2.06. The van der Waals surface area contributed by atoms with E-state index in [0.29, 0.717) is 6.54 Å². The maximum atomic E-state index is 9.34. The summed E-state index contributed by atoms with van der Waals surface area (Å²) < 4.78 is 1.94. The predicted molar refractivity (Wildman–Crippen MR) is 59.8 cm³/mol. The Balaban J connectivity index is 2.44. The lowest BCUT2D eigenvalue weighted by Crippen LogP contribution is -2.07. The molecule has 0 atom stereocenters. The van der Waals surface area contributed by atoms with Crippen molar-refractivity contribution in [3.8, 4) is 5.75 Å². The topological polar surface area (TPSA) is 64.1 Å². The highest BCUT2D eigenvalue weighted by Crippen LogP contribution is 2.22. The molecule has 4 heteroatoms. The van der Waals surface area contributed by atoms with E-state index in [1.165, 1.54) is 0 Å². The van der Waals surface area contributed by atoms with E-state index >= 15 is 0 Å². The molecule has 0 radical (unpaired) electrons. The minimum Gasteiger partial charge on any atom is -0.508 e. The van der Waals surface area contributed by atoms with Crippen LogP contribution in [0.1, 0.15) is 12.1 Å². The molecule has 4 nitrogen and oxygen atoms in total. The summed E-state index contributed by atoms with van der Waals surface area (Å²) in [4.78, 5) is 0. The molecule has 0 saturated carbocycles. The van der Waals surface area contributed by atoms with Crippen LogP contribution in [0.4, 0.5) is 0 Å². The van der Waals surface area contributed by atoms with Crippen LogP contribution < -0.4 is 5.73 Å². The van der Waals surface area contributed by atoms with Gasteiger partial charge >= 0.3 is 0 Å². The number of nitrogens with two attached hydrogens (primary N) is 1. The van der Waals surface area contributed by atoms with E-state index < -0.39 is 0 Å². The summed E-state index contributed by atoms with van der Waals surface area (Å²) in [7, 11) is 0. The van der Waals surface area contributed by atoms with Crippen molar-refractivity contribution in [1.82, 2.24) is 9.78 Å². The number of hydrogen-bond acceptors (Lipinski definition) is 3. The van der Waals surface area contributed by atoms with Gasteiger partial charge < -0.3 is 10.8 Å². The average molecular weight is 205 g/mol. The average Bonchev–Trinajstić information content (AvgIpc) is 2.52. The minimum atomic E-state index is 0.256. The number of fused-ring (bicyclic) bond motifs is 1. The number of nitrogens with zero attached hydrogens (tertiary/aromatic N) is 2. The maximum absolute atomic E-state index is 9.34. The zero-order chi connectivity index (χ0) is 10.8. The molecule has 80 valence electrons. The number of aromatic nitrogens is 2. The van der Waals surface area contributed by atoms with Crippen LogP contribution in [0.15, 0.2) is 18.2 Å². The van der Waals surface area contributed by atoms with E-state index in [4.69, 9.17) is 5.73 Å². The van der Waals surface area contributed by atoms with Gasteiger partial charge in [0.1, 0.15) is 5.75 Å². The van der Waals surface area contributed by atoms with Gasteiger partial charge in [-0.05, 0) is 32.0 Å². The second-order valence-corrected chi connectivity index (χ2v) is 3.65. The van der Waals surface area contributed by atoms with E-state index in [1.54, 1.807) is 12.1 Å². The van der Waals surface area contributed by atoms with Crippen LogP contribution in [0.3, 0.4) is 0 Å². The van der Waals surface area contributed by atoms with Crippen LogP contribution >= 0.6 is 0 Å². The molecule has 0 spiro atoms. The van der Waals surface area contributed by atoms with Gasteiger partial charge in [-0.25, -0.2) is 0 Å². The molecule has 15 heavy (non-hydrogen) atoms. The zero-order valence-electron chi connectivity index (χ0n) is 8.77. The zero-order valence-corrected chi connectivity index (χ0v) is 8.77. The Morgan fingerprint density at radius 2 is 2.27 bits per heavy atom. The van der Waals surface area contributed by atoms with Crippen LogP contribution in [0, 0.1) is 6.92 Å². The number of hydrogen-bond donors (Lipinski definition) is 2. The van der Waals surface area contributed by atoms with Crippen molar-refractivity contribution >= 4 is 10.9 Å². The first kappa shape index (κ1) is 9.98. The lowest BCUT2D eigenvalue weighted by molar-refractivity contribution is 0.476. The summed E-state index contributed by atoms with van der Waals surface area (Å²) in [6.07, 6.45) is 0.917. The van der Waals surface area contributed by atoms with Crippen molar-refractivity contribution in [3.63, 3.8) is 0 Å². The standard InChI is InChI=1S/C11H15N3O/c1-8-10-4-3-9(15)7-11(10)13-14(8)6-2-5-12/h3-4,7,15H,2,5-6,12H2,1H3. The Kier molecular flexibility index (Phi) is 2.60. The van der Waals surface area contributed by atoms with Crippen LogP contribution in [0.2, 0.25) is 0 Å². The normalized spacial score (nSPS) is 11.1. The fourth-order valence-corrected chi connectivity index (χ4v) is 1.71. The van der Waals surface area contributed by atoms with Crippen LogP contribution in [0.25, 0.3) is 10.9 Å². The second-order valence-electron chi connectivity index (χ2n) is 3.65. The quantitative estimate of drug-likeness (QED) is 0.796. The van der Waals surface area contributed by atoms with Crippen molar-refractivity contribution in [2.24, 2.45) is 5.73 Å². The molecule has 2 rings (SSSR count). The van der Waals surface area contributed by atoms with Crippen LogP contribution in [0.5, 0.6) is 5.75 Å². The lowest BCUT2D eigenvalue weighted by atomic mass is 10.2. The minimum absolute atomic E-state index is 0.256. The van der Waals surface area contributed by atoms with Gasteiger partial charge in [0.25, 0.3) is 0 Å². The Labute approximate surface area is 88.3 Å². The van der Waals surface area contributed by atoms with Gasteiger partial charge in [-0.2, -0.15) is 5.10 Å². The molecule has 1 heterocycles. The fourth-order valence-electron chi connectivity index (χ4n) is 1.71. The Hall–Kier alpha value is -1.55. The number of phenolic OH excluding ortho intramolecular Hbond substituents is 1. The summed E-state index contributed by atoms with van der Waals surface area (Å²) in [5, 5.41) is 14.8. The Morgan fingerprint density at radius 3 is 3.00 bits per heavy atom. The molecule has 0 unspecified atom stereocenters. The number of phenols is 1. The highest BCUT2D eigenvalue weighted by atomic mass is 16.3. The van der Waals surface area contributed by atoms with Crippen molar-refractivity contribution in [1.29, 1.82) is 0 Å². The fraction of sp³-hybridized carbons (Fsp3) is 0.364. The third-order valence-corrected chi connectivity index (χ3v) is 2.56. The summed E-state index contributed by atoms with van der Waals surface area (Å²) in [6.45, 7) is 3.53. The first-order chi connectivity index (χ1) is 7.22. The first-order valence-corrected chi connectivity index (χ1v) is 5.08. The summed E-state index contributed by atoms with van der Waals surface area (Å²) >= 11 is 0. The van der Waals surface area contributed by atoms with E-state index in [9.17, 15) is 5.11 Å². The molecule has 0 aliphatic heterocycles. The molecular weight excluding hydrogens is 190 g/mol. The van der Waals surface area contributed by atoms with E-state index in [1.807, 2.05) is 17.7 Å². The molecule has 1 aromatic heterocycles. The van der Waals surface area contributed by atoms with Gasteiger partial charge in [0.2, 0.25) is 0 Å². The first-order valence-electron chi connectivity index (χ1n) is 5.08. The smallest absolute Gasteiger partial charge is 0.117 e. The van der Waals surface area contributed by atoms with Gasteiger partial charge in [0, 0.05) is 23.7 Å². The van der Waals surface area contributed by atoms with E-state index in [-0.39, 0.29) is 5.75 Å². The monoisotopic (exact) mass is 205 g/mol. The van der Waals surface area contributed by atoms with Crippen molar-refractivity contribution < 1.29 is 5.11 Å². The molecule has 2 aromatic rings. The van der Waals surface area contributed by atoms with Gasteiger partial charge in [-0.1, -0.05) is 0 Å². The Bertz CT molecular complexity index is 476. The molecular formula is C11H15N3O. The van der Waals surface area contributed by atoms with Gasteiger partial charge in [0.15, 0.2) is 0 Å². The summed E-state index contributed by atoms with van der Waals surface area (Å²) in [5.41, 5.74) is 7.42. The van der Waals surface area contributed by atoms with Crippen molar-refractivity contribution in [2.75, 3.05) is 6.54 Å². The molecule has 0 bridgehead atoms. The second kappa shape index (κ2) is 3.90. The van der Waals surface area contributed by atoms with E-state index in [2.05, 4.69) is 5.10 Å². The van der Waals surface area contributed by atoms with E-state index in [0.717, 1.165) is 29.6 Å². The van der Waals surface area contributed by atoms with Gasteiger partial charge in [-0.3, -0.25) is 4.68 Å². The van der Waals surface area contributed by atoms with Crippen LogP contribution in [-0.4, -0.2) is 21.4 Å². The Morgan fingerprint density at radius 1 is 1.47 bits per heavy atom. The molecule has 1 aromatic carbocycles. The third kappa shape index (κ3) is 1.80. The molecule has 0 aliphatic rings. The number of benzene rings is 1. The molecule has 0 aliphatic carbocycles. The lowest BCUT2D eigenvalue weighted by Gasteiger charge is -2.01. The third-order valence-electron chi connectivity index (χ3n) is 2.56. The van der Waals surface area contributed by atoms with Gasteiger partial charge in [-0.15, -0.1) is 0 Å². The van der Waals surface area contributed by atoms with Crippen LogP contribution in [-0.2, 0) is 6.54 Å². The highest BCUT2D eigenvalue weighted by molar-refractivity contribution is 5.82. The number of aryl methyl sites for hydroxylation is 2. The van der Waals surface area contributed by atoms with Gasteiger partial charge in [0.05, 0.1) is 5.52 Å². The number of aromatic hydroxyl groups is 1. The maximum Gasteiger partial charge on any atom is 0.117 e. The molecule has 0 fully saturated rings.